The molecule has 0 radical (unpaired) electrons. The largest absolute Gasteiger partial charge is 0.272 e. The minimum Gasteiger partial charge on any atom is -0.272 e. The average molecular weight is 411 g/mol. The van der Waals surface area contributed by atoms with Gasteiger partial charge in [-0.25, -0.2) is 5.48 Å². The highest BCUT2D eigenvalue weighted by molar-refractivity contribution is 7.99. The summed E-state index contributed by atoms with van der Waals surface area (Å²) in [5, 5.41) is 9.67. The molecule has 1 N–H and O–H groups in total. The molecule has 0 aliphatic carbocycles. The van der Waals surface area contributed by atoms with Gasteiger partial charge in [-0.2, -0.15) is 5.10 Å². The Balaban J connectivity index is 1.76. The number of hydrogen-bond acceptors (Lipinski definition) is 7. The Morgan fingerprint density at radius 3 is 2.64 bits per heavy atom. The number of aromatic nitrogens is 2. The van der Waals surface area contributed by atoms with E-state index in [-0.39, 0.29) is 6.04 Å². The first-order chi connectivity index (χ1) is 13.5. The Labute approximate surface area is 173 Å². The van der Waals surface area contributed by atoms with E-state index in [1.54, 1.807) is 23.1 Å². The molecule has 0 fully saturated rings. The van der Waals surface area contributed by atoms with E-state index in [0.717, 1.165) is 26.7 Å². The predicted octanol–water partition coefficient (Wildman–Crippen LogP) is 4.95. The number of aryl methyl sites for hydroxylation is 3. The number of benzene rings is 1. The highest BCUT2D eigenvalue weighted by atomic mass is 32.2. The maximum atomic E-state index is 5.71. The van der Waals surface area contributed by atoms with Gasteiger partial charge in [0, 0.05) is 14.6 Å². The molecular weight excluding hydrogens is 388 g/mol. The second kappa shape index (κ2) is 8.03. The third kappa shape index (κ3) is 3.83. The summed E-state index contributed by atoms with van der Waals surface area (Å²) in [7, 11) is 0. The molecule has 4 rings (SSSR count). The molecule has 1 aliphatic rings. The number of thiophene rings is 1. The summed E-state index contributed by atoms with van der Waals surface area (Å²) in [4.78, 5) is 14.3. The van der Waals surface area contributed by atoms with Crippen LogP contribution in [-0.4, -0.2) is 22.6 Å². The van der Waals surface area contributed by atoms with Crippen LogP contribution in [0.2, 0.25) is 0 Å². The molecule has 1 atom stereocenters. The van der Waals surface area contributed by atoms with E-state index in [1.165, 1.54) is 15.3 Å². The van der Waals surface area contributed by atoms with Crippen molar-refractivity contribution in [3.63, 3.8) is 0 Å². The fourth-order valence-corrected chi connectivity index (χ4v) is 4.93. The molecule has 0 saturated carbocycles. The van der Waals surface area contributed by atoms with Gasteiger partial charge in [-0.05, 0) is 57.0 Å². The SMILES string of the molecule is Cc1ccc([C@@H]2CONC(c3c(Sc4ccccc4C)nnc(C)c3C)=N2)s1. The number of rotatable bonds is 4. The average Bonchev–Trinajstić information content (AvgIpc) is 3.13. The quantitative estimate of drug-likeness (QED) is 0.660. The maximum absolute atomic E-state index is 5.71. The topological polar surface area (TPSA) is 59.4 Å². The van der Waals surface area contributed by atoms with Crippen molar-refractivity contribution >= 4 is 28.9 Å². The lowest BCUT2D eigenvalue weighted by molar-refractivity contribution is 0.0627. The van der Waals surface area contributed by atoms with Crippen LogP contribution in [0.1, 0.15) is 38.2 Å². The smallest absolute Gasteiger partial charge is 0.156 e. The van der Waals surface area contributed by atoms with Gasteiger partial charge in [-0.1, -0.05) is 30.0 Å². The van der Waals surface area contributed by atoms with Gasteiger partial charge in [0.1, 0.15) is 17.7 Å². The van der Waals surface area contributed by atoms with E-state index in [2.05, 4.69) is 60.7 Å². The molecular formula is C21H22N4OS2. The fourth-order valence-electron chi connectivity index (χ4n) is 3.01. The van der Waals surface area contributed by atoms with Crippen LogP contribution in [0.3, 0.4) is 0 Å². The number of nitrogens with one attached hydrogen (secondary N) is 1. The van der Waals surface area contributed by atoms with Crippen molar-refractivity contribution in [1.29, 1.82) is 0 Å². The molecule has 2 aromatic heterocycles. The van der Waals surface area contributed by atoms with Crippen LogP contribution in [0.4, 0.5) is 0 Å². The van der Waals surface area contributed by atoms with Gasteiger partial charge < -0.3 is 0 Å². The number of hydrogen-bond donors (Lipinski definition) is 1. The Kier molecular flexibility index (Phi) is 5.48. The lowest BCUT2D eigenvalue weighted by Gasteiger charge is -2.23. The van der Waals surface area contributed by atoms with E-state index in [0.29, 0.717) is 12.4 Å². The van der Waals surface area contributed by atoms with Crippen molar-refractivity contribution < 1.29 is 4.84 Å². The minimum atomic E-state index is -0.0147. The number of hydroxylamine groups is 1. The third-order valence-electron chi connectivity index (χ3n) is 4.74. The van der Waals surface area contributed by atoms with Gasteiger partial charge >= 0.3 is 0 Å². The number of nitrogens with zero attached hydrogens (tertiary/aromatic N) is 3. The zero-order valence-electron chi connectivity index (χ0n) is 16.3. The van der Waals surface area contributed by atoms with Crippen molar-refractivity contribution in [2.45, 2.75) is 43.7 Å². The van der Waals surface area contributed by atoms with E-state index in [4.69, 9.17) is 9.83 Å². The molecule has 0 saturated heterocycles. The molecule has 0 amide bonds. The Hall–Kier alpha value is -2.22. The summed E-state index contributed by atoms with van der Waals surface area (Å²) in [6, 6.07) is 12.5. The van der Waals surface area contributed by atoms with E-state index in [1.807, 2.05) is 19.1 Å². The number of aliphatic imine (C=N–C) groups is 1. The Morgan fingerprint density at radius 1 is 1.07 bits per heavy atom. The summed E-state index contributed by atoms with van der Waals surface area (Å²) in [5.41, 5.74) is 7.14. The summed E-state index contributed by atoms with van der Waals surface area (Å²) in [6.07, 6.45) is 0. The van der Waals surface area contributed by atoms with Crippen molar-refractivity contribution in [1.82, 2.24) is 15.7 Å². The second-order valence-electron chi connectivity index (χ2n) is 6.81. The van der Waals surface area contributed by atoms with E-state index >= 15 is 0 Å². The number of amidine groups is 1. The summed E-state index contributed by atoms with van der Waals surface area (Å²) >= 11 is 3.37. The molecule has 7 heteroatoms. The zero-order valence-corrected chi connectivity index (χ0v) is 17.9. The van der Waals surface area contributed by atoms with Gasteiger partial charge in [0.25, 0.3) is 0 Å². The Morgan fingerprint density at radius 2 is 1.89 bits per heavy atom. The van der Waals surface area contributed by atoms with E-state index < -0.39 is 0 Å². The molecule has 28 heavy (non-hydrogen) atoms. The van der Waals surface area contributed by atoms with Crippen LogP contribution < -0.4 is 5.48 Å². The first-order valence-corrected chi connectivity index (χ1v) is 10.8. The maximum Gasteiger partial charge on any atom is 0.156 e. The van der Waals surface area contributed by atoms with Crippen molar-refractivity contribution in [2.75, 3.05) is 6.61 Å². The van der Waals surface area contributed by atoms with Gasteiger partial charge in [0.05, 0.1) is 11.3 Å². The molecule has 0 spiro atoms. The van der Waals surface area contributed by atoms with Crippen molar-refractivity contribution in [3.05, 3.63) is 68.5 Å². The molecule has 144 valence electrons. The van der Waals surface area contributed by atoms with E-state index in [9.17, 15) is 0 Å². The highest BCUT2D eigenvalue weighted by Gasteiger charge is 2.24. The normalized spacial score (nSPS) is 16.6. The summed E-state index contributed by atoms with van der Waals surface area (Å²) < 4.78 is 0. The molecule has 3 heterocycles. The molecule has 1 aromatic carbocycles. The van der Waals surface area contributed by atoms with Gasteiger partial charge in [0.2, 0.25) is 0 Å². The lowest BCUT2D eigenvalue weighted by atomic mass is 10.1. The zero-order chi connectivity index (χ0) is 19.7. The standard InChI is InChI=1S/C21H22N4OS2/c1-12-7-5-6-8-17(12)28-21-19(14(3)15(4)23-24-21)20-22-16(11-26-25-20)18-10-9-13(2)27-18/h5-10,16H,11H2,1-4H3,(H,22,25)/t16-/m0/s1. The van der Waals surface area contributed by atoms with Crippen molar-refractivity contribution in [2.24, 2.45) is 4.99 Å². The summed E-state index contributed by atoms with van der Waals surface area (Å²) in [5.74, 6) is 0.717. The first kappa shape index (κ1) is 19.1. The van der Waals surface area contributed by atoms with Crippen LogP contribution >= 0.6 is 23.1 Å². The molecule has 1 aliphatic heterocycles. The highest BCUT2D eigenvalue weighted by Crippen LogP contribution is 2.34. The van der Waals surface area contributed by atoms with Gasteiger partial charge in [-0.15, -0.1) is 16.4 Å². The van der Waals surface area contributed by atoms with Gasteiger partial charge in [-0.3, -0.25) is 9.83 Å². The van der Waals surface area contributed by atoms with Crippen LogP contribution in [0.15, 0.2) is 51.3 Å². The van der Waals surface area contributed by atoms with Crippen LogP contribution in [0, 0.1) is 27.7 Å². The molecule has 0 bridgehead atoms. The fraction of sp³-hybridized carbons (Fsp3) is 0.286. The molecule has 3 aromatic rings. The second-order valence-corrected chi connectivity index (χ2v) is 9.16. The predicted molar refractivity (Wildman–Crippen MR) is 114 cm³/mol. The monoisotopic (exact) mass is 410 g/mol. The molecule has 0 unspecified atom stereocenters. The Bertz CT molecular complexity index is 1040. The van der Waals surface area contributed by atoms with Crippen LogP contribution in [0.25, 0.3) is 0 Å². The lowest BCUT2D eigenvalue weighted by Crippen LogP contribution is -2.33. The first-order valence-electron chi connectivity index (χ1n) is 9.12. The minimum absolute atomic E-state index is 0.0147. The van der Waals surface area contributed by atoms with Gasteiger partial charge in [0.15, 0.2) is 5.84 Å². The third-order valence-corrected chi connectivity index (χ3v) is 7.00. The van der Waals surface area contributed by atoms with Crippen LogP contribution in [-0.2, 0) is 4.84 Å². The van der Waals surface area contributed by atoms with Crippen LogP contribution in [0.5, 0.6) is 0 Å². The van der Waals surface area contributed by atoms with Crippen molar-refractivity contribution in [3.8, 4) is 0 Å². The summed E-state index contributed by atoms with van der Waals surface area (Å²) in [6.45, 7) is 8.76. The molecule has 5 nitrogen and oxygen atoms in total.